The largest absolute Gasteiger partial charge is 0.351 e. The van der Waals surface area contributed by atoms with Gasteiger partial charge in [0.15, 0.2) is 0 Å². The van der Waals surface area contributed by atoms with Crippen molar-refractivity contribution < 1.29 is 14.0 Å². The van der Waals surface area contributed by atoms with Crippen molar-refractivity contribution in [1.29, 1.82) is 0 Å². The Morgan fingerprint density at radius 1 is 1.24 bits per heavy atom. The topological polar surface area (TPSA) is 49.4 Å². The summed E-state index contributed by atoms with van der Waals surface area (Å²) in [4.78, 5) is 26.8. The van der Waals surface area contributed by atoms with E-state index in [1.165, 1.54) is 37.1 Å². The predicted octanol–water partition coefficient (Wildman–Crippen LogP) is 3.25. The molecule has 1 saturated heterocycles. The Hall–Kier alpha value is -2.17. The molecule has 0 radical (unpaired) electrons. The minimum Gasteiger partial charge on any atom is -0.351 e. The van der Waals surface area contributed by atoms with E-state index in [4.69, 9.17) is 0 Å². The van der Waals surface area contributed by atoms with Gasteiger partial charge in [-0.1, -0.05) is 6.08 Å². The van der Waals surface area contributed by atoms with Gasteiger partial charge in [0.05, 0.1) is 0 Å². The maximum absolute atomic E-state index is 13.0. The number of amides is 2. The molecule has 1 atom stereocenters. The van der Waals surface area contributed by atoms with Crippen molar-refractivity contribution >= 4 is 11.8 Å². The minimum absolute atomic E-state index is 0.126. The number of carbonyl (C=O) groups excluding carboxylic acids is 2. The van der Waals surface area contributed by atoms with Crippen molar-refractivity contribution in [2.24, 2.45) is 11.3 Å². The van der Waals surface area contributed by atoms with E-state index < -0.39 is 0 Å². The summed E-state index contributed by atoms with van der Waals surface area (Å²) in [7, 11) is 0. The number of hydrogen-bond donors (Lipinski definition) is 1. The van der Waals surface area contributed by atoms with Gasteiger partial charge in [0, 0.05) is 36.2 Å². The van der Waals surface area contributed by atoms with Crippen molar-refractivity contribution in [3.63, 3.8) is 0 Å². The number of nitrogens with one attached hydrogen (secondary N) is 1. The van der Waals surface area contributed by atoms with Crippen LogP contribution in [0.2, 0.25) is 0 Å². The first-order valence-corrected chi connectivity index (χ1v) is 9.12. The van der Waals surface area contributed by atoms with Crippen molar-refractivity contribution in [2.45, 2.75) is 38.5 Å². The van der Waals surface area contributed by atoms with Crippen LogP contribution in [0.3, 0.4) is 0 Å². The predicted molar refractivity (Wildman–Crippen MR) is 92.2 cm³/mol. The first-order chi connectivity index (χ1) is 12.1. The van der Waals surface area contributed by atoms with Crippen LogP contribution >= 0.6 is 0 Å². The zero-order chi connectivity index (χ0) is 17.4. The van der Waals surface area contributed by atoms with E-state index in [1.807, 2.05) is 4.90 Å². The summed E-state index contributed by atoms with van der Waals surface area (Å²) >= 11 is 0. The Morgan fingerprint density at radius 2 is 2.00 bits per heavy atom. The molecule has 1 N–H and O–H groups in total. The number of benzene rings is 1. The Bertz CT molecular complexity index is 724. The zero-order valence-corrected chi connectivity index (χ0v) is 14.3. The zero-order valence-electron chi connectivity index (χ0n) is 14.3. The second-order valence-electron chi connectivity index (χ2n) is 7.55. The monoisotopic (exact) mass is 342 g/mol. The number of carbonyl (C=O) groups is 2. The standard InChI is InChI=1S/C20H23FN2O2/c21-16-7-5-15(6-8-16)19(25)22-13-20-10-1-2-17(20)23(12-14-3-4-14)18(24)9-11-20/h2,5-8,14H,1,3-4,9-13H2,(H,22,25). The molecule has 1 aromatic carbocycles. The van der Waals surface area contributed by atoms with E-state index in [-0.39, 0.29) is 23.0 Å². The molecular weight excluding hydrogens is 319 g/mol. The first-order valence-electron chi connectivity index (χ1n) is 9.12. The average molecular weight is 342 g/mol. The molecule has 1 aromatic rings. The number of fused-ring (bicyclic) bond motifs is 1. The summed E-state index contributed by atoms with van der Waals surface area (Å²) in [6.45, 7) is 1.36. The number of piperidine rings is 1. The lowest BCUT2D eigenvalue weighted by Crippen LogP contribution is -2.48. The van der Waals surface area contributed by atoms with Gasteiger partial charge in [0.25, 0.3) is 5.91 Å². The van der Waals surface area contributed by atoms with Crippen LogP contribution < -0.4 is 5.32 Å². The number of halogens is 1. The number of nitrogens with zero attached hydrogens (tertiary/aromatic N) is 1. The molecular formula is C20H23FN2O2. The van der Waals surface area contributed by atoms with E-state index in [0.717, 1.165) is 31.5 Å². The fraction of sp³-hybridized carbons (Fsp3) is 0.500. The van der Waals surface area contributed by atoms with E-state index in [9.17, 15) is 14.0 Å². The molecule has 132 valence electrons. The second kappa shape index (κ2) is 6.28. The van der Waals surface area contributed by atoms with Gasteiger partial charge in [0.2, 0.25) is 5.91 Å². The van der Waals surface area contributed by atoms with E-state index >= 15 is 0 Å². The molecule has 4 nitrogen and oxygen atoms in total. The highest BCUT2D eigenvalue weighted by molar-refractivity contribution is 5.94. The molecule has 2 fully saturated rings. The Morgan fingerprint density at radius 3 is 2.72 bits per heavy atom. The van der Waals surface area contributed by atoms with Crippen LogP contribution in [0.5, 0.6) is 0 Å². The highest BCUT2D eigenvalue weighted by Crippen LogP contribution is 2.48. The van der Waals surface area contributed by atoms with Gasteiger partial charge in [-0.2, -0.15) is 0 Å². The molecule has 2 amide bonds. The minimum atomic E-state index is -0.349. The lowest BCUT2D eigenvalue weighted by Gasteiger charge is -2.42. The van der Waals surface area contributed by atoms with Crippen LogP contribution in [0.15, 0.2) is 36.0 Å². The fourth-order valence-electron chi connectivity index (χ4n) is 4.07. The lowest BCUT2D eigenvalue weighted by atomic mass is 9.76. The van der Waals surface area contributed by atoms with Crippen molar-refractivity contribution in [3.05, 3.63) is 47.4 Å². The van der Waals surface area contributed by atoms with E-state index in [2.05, 4.69) is 11.4 Å². The fourth-order valence-corrected chi connectivity index (χ4v) is 4.07. The summed E-state index contributed by atoms with van der Waals surface area (Å²) in [5.74, 6) is 0.333. The summed E-state index contributed by atoms with van der Waals surface area (Å²) in [6, 6.07) is 5.59. The third kappa shape index (κ3) is 3.20. The summed E-state index contributed by atoms with van der Waals surface area (Å²) in [5.41, 5.74) is 1.46. The maximum Gasteiger partial charge on any atom is 0.251 e. The molecule has 0 bridgehead atoms. The van der Waals surface area contributed by atoms with Gasteiger partial charge in [-0.3, -0.25) is 9.59 Å². The summed E-state index contributed by atoms with van der Waals surface area (Å²) in [6.07, 6.45) is 7.88. The molecule has 1 saturated carbocycles. The van der Waals surface area contributed by atoms with E-state index in [0.29, 0.717) is 24.4 Å². The normalized spacial score (nSPS) is 25.6. The molecule has 25 heavy (non-hydrogen) atoms. The van der Waals surface area contributed by atoms with Gasteiger partial charge in [-0.05, 0) is 62.3 Å². The Balaban J connectivity index is 1.46. The second-order valence-corrected chi connectivity index (χ2v) is 7.55. The van der Waals surface area contributed by atoms with Crippen LogP contribution in [0, 0.1) is 17.2 Å². The molecule has 1 heterocycles. The van der Waals surface area contributed by atoms with Crippen LogP contribution in [-0.4, -0.2) is 29.8 Å². The maximum atomic E-state index is 13.0. The van der Waals surface area contributed by atoms with Crippen molar-refractivity contribution in [2.75, 3.05) is 13.1 Å². The number of likely N-dealkylation sites (tertiary alicyclic amines) is 1. The quantitative estimate of drug-likeness (QED) is 0.893. The van der Waals surface area contributed by atoms with Crippen LogP contribution in [-0.2, 0) is 4.79 Å². The number of hydrogen-bond acceptors (Lipinski definition) is 2. The Kier molecular flexibility index (Phi) is 4.10. The number of allylic oxidation sites excluding steroid dienone is 1. The summed E-state index contributed by atoms with van der Waals surface area (Å²) < 4.78 is 13.0. The number of rotatable bonds is 5. The highest BCUT2D eigenvalue weighted by atomic mass is 19.1. The van der Waals surface area contributed by atoms with Crippen molar-refractivity contribution in [1.82, 2.24) is 10.2 Å². The highest BCUT2D eigenvalue weighted by Gasteiger charge is 2.46. The molecule has 2 aliphatic carbocycles. The molecule has 1 aliphatic heterocycles. The average Bonchev–Trinajstić information content (AvgIpc) is 3.33. The third-order valence-electron chi connectivity index (χ3n) is 5.74. The molecule has 3 aliphatic rings. The van der Waals surface area contributed by atoms with Gasteiger partial charge in [-0.25, -0.2) is 4.39 Å². The SMILES string of the molecule is O=C(NCC12CCC=C1N(CC1CC1)C(=O)CC2)c1ccc(F)cc1. The summed E-state index contributed by atoms with van der Waals surface area (Å²) in [5, 5.41) is 3.01. The third-order valence-corrected chi connectivity index (χ3v) is 5.74. The molecule has 4 rings (SSSR count). The van der Waals surface area contributed by atoms with Crippen molar-refractivity contribution in [3.8, 4) is 0 Å². The van der Waals surface area contributed by atoms with Crippen LogP contribution in [0.25, 0.3) is 0 Å². The van der Waals surface area contributed by atoms with Crippen LogP contribution in [0.4, 0.5) is 4.39 Å². The van der Waals surface area contributed by atoms with E-state index in [1.54, 1.807) is 0 Å². The van der Waals surface area contributed by atoms with Gasteiger partial charge in [-0.15, -0.1) is 0 Å². The molecule has 1 unspecified atom stereocenters. The Labute approximate surface area is 147 Å². The molecule has 0 aromatic heterocycles. The molecule has 5 heteroatoms. The lowest BCUT2D eigenvalue weighted by molar-refractivity contribution is -0.133. The molecule has 0 spiro atoms. The smallest absolute Gasteiger partial charge is 0.251 e. The first kappa shape index (κ1) is 16.3. The van der Waals surface area contributed by atoms with Gasteiger partial charge >= 0.3 is 0 Å². The van der Waals surface area contributed by atoms with Gasteiger partial charge in [0.1, 0.15) is 5.82 Å². The van der Waals surface area contributed by atoms with Crippen LogP contribution in [0.1, 0.15) is 48.9 Å². The van der Waals surface area contributed by atoms with Gasteiger partial charge < -0.3 is 10.2 Å².